The maximum atomic E-state index is 6.04. The average Bonchev–Trinajstić information content (AvgIpc) is 3.21. The molecule has 0 N–H and O–H groups in total. The first-order valence-electron chi connectivity index (χ1n) is 9.91. The highest BCUT2D eigenvalue weighted by atomic mass is 32.1. The third kappa shape index (κ3) is 4.04. The van der Waals surface area contributed by atoms with Crippen LogP contribution in [0.5, 0.6) is 0 Å². The van der Waals surface area contributed by atoms with Crippen LogP contribution < -0.4 is 0 Å². The van der Waals surface area contributed by atoms with Crippen molar-refractivity contribution in [2.24, 2.45) is 7.05 Å². The molecule has 150 valence electrons. The number of benzene rings is 2. The van der Waals surface area contributed by atoms with Crippen molar-refractivity contribution in [3.63, 3.8) is 0 Å². The summed E-state index contributed by atoms with van der Waals surface area (Å²) in [6, 6.07) is 18.6. The predicted octanol–water partition coefficient (Wildman–Crippen LogP) is 4.94. The molecule has 4 aromatic rings. The highest BCUT2D eigenvalue weighted by Crippen LogP contribution is 2.27. The van der Waals surface area contributed by atoms with Crippen LogP contribution in [0.2, 0.25) is 0 Å². The van der Waals surface area contributed by atoms with Crippen molar-refractivity contribution in [2.75, 3.05) is 7.05 Å². The van der Waals surface area contributed by atoms with Gasteiger partial charge in [0.15, 0.2) is 4.77 Å². The largest absolute Gasteiger partial charge is 0.461 e. The van der Waals surface area contributed by atoms with Crippen molar-refractivity contribution in [3.8, 4) is 0 Å². The number of furan rings is 1. The summed E-state index contributed by atoms with van der Waals surface area (Å²) in [5.41, 5.74) is 3.43. The van der Waals surface area contributed by atoms with E-state index in [4.69, 9.17) is 21.7 Å². The molecule has 0 amide bonds. The van der Waals surface area contributed by atoms with Gasteiger partial charge in [-0.15, -0.1) is 0 Å². The molecule has 0 aliphatic carbocycles. The monoisotopic (exact) mass is 406 g/mol. The fourth-order valence-electron chi connectivity index (χ4n) is 3.71. The van der Waals surface area contributed by atoms with Crippen LogP contribution in [0.1, 0.15) is 29.6 Å². The number of aryl methyl sites for hydroxylation is 1. The molecular weight excluding hydrogens is 380 g/mol. The lowest BCUT2D eigenvalue weighted by molar-refractivity contribution is 0.242. The van der Waals surface area contributed by atoms with Crippen molar-refractivity contribution < 1.29 is 4.42 Å². The van der Waals surface area contributed by atoms with Gasteiger partial charge in [-0.3, -0.25) is 4.90 Å². The van der Waals surface area contributed by atoms with Crippen molar-refractivity contribution in [1.82, 2.24) is 19.2 Å². The summed E-state index contributed by atoms with van der Waals surface area (Å²) < 4.78 is 10.7. The number of hydrogen-bond acceptors (Lipinski definition) is 4. The third-order valence-corrected chi connectivity index (χ3v) is 5.73. The second kappa shape index (κ2) is 8.35. The van der Waals surface area contributed by atoms with Crippen LogP contribution in [0.4, 0.5) is 0 Å². The second-order valence-corrected chi connectivity index (χ2v) is 7.79. The molecule has 0 unspecified atom stereocenters. The molecule has 4 rings (SSSR count). The Balaban J connectivity index is 1.54. The third-order valence-electron chi connectivity index (χ3n) is 5.24. The van der Waals surface area contributed by atoms with Crippen LogP contribution in [0.3, 0.4) is 0 Å². The van der Waals surface area contributed by atoms with E-state index in [0.29, 0.717) is 6.67 Å². The Kier molecular flexibility index (Phi) is 5.65. The van der Waals surface area contributed by atoms with Gasteiger partial charge in [-0.1, -0.05) is 55.5 Å². The smallest absolute Gasteiger partial charge is 0.198 e. The van der Waals surface area contributed by atoms with E-state index < -0.39 is 0 Å². The predicted molar refractivity (Wildman–Crippen MR) is 118 cm³/mol. The zero-order valence-corrected chi connectivity index (χ0v) is 17.9. The first-order chi connectivity index (χ1) is 14.1. The highest BCUT2D eigenvalue weighted by molar-refractivity contribution is 7.71. The SMILES string of the molecule is CCc1oc2ccccc2c1CN(C)Cn1nc(Cc2ccccc2)n(C)c1=S. The van der Waals surface area contributed by atoms with E-state index in [1.54, 1.807) is 0 Å². The van der Waals surface area contributed by atoms with Crippen LogP contribution in [0.25, 0.3) is 11.0 Å². The Bertz CT molecular complexity index is 1170. The lowest BCUT2D eigenvalue weighted by atomic mass is 10.1. The zero-order valence-electron chi connectivity index (χ0n) is 17.1. The van der Waals surface area contributed by atoms with Crippen LogP contribution in [-0.2, 0) is 33.1 Å². The standard InChI is InChI=1S/C23H26N4OS/c1-4-20-19(18-12-8-9-13-21(18)28-20)15-25(2)16-27-23(29)26(3)22(24-27)14-17-10-6-5-7-11-17/h5-13H,4,14-16H2,1-3H3. The number of rotatable bonds is 7. The average molecular weight is 407 g/mol. The maximum Gasteiger partial charge on any atom is 0.198 e. The van der Waals surface area contributed by atoms with Gasteiger partial charge in [0, 0.05) is 37.4 Å². The number of nitrogens with zero attached hydrogens (tertiary/aromatic N) is 4. The first-order valence-corrected chi connectivity index (χ1v) is 10.3. The molecule has 0 saturated carbocycles. The minimum atomic E-state index is 0.629. The molecule has 29 heavy (non-hydrogen) atoms. The fourth-order valence-corrected chi connectivity index (χ4v) is 3.92. The summed E-state index contributed by atoms with van der Waals surface area (Å²) in [5, 5.41) is 5.97. The van der Waals surface area contributed by atoms with Gasteiger partial charge in [0.2, 0.25) is 0 Å². The topological polar surface area (TPSA) is 39.1 Å². The zero-order chi connectivity index (χ0) is 20.4. The van der Waals surface area contributed by atoms with Gasteiger partial charge < -0.3 is 8.98 Å². The van der Waals surface area contributed by atoms with Gasteiger partial charge in [-0.25, -0.2) is 4.68 Å². The highest BCUT2D eigenvalue weighted by Gasteiger charge is 2.16. The van der Waals surface area contributed by atoms with Gasteiger partial charge in [-0.2, -0.15) is 5.10 Å². The van der Waals surface area contributed by atoms with E-state index in [0.717, 1.165) is 41.3 Å². The number of aromatic nitrogens is 3. The summed E-state index contributed by atoms with van der Waals surface area (Å²) in [5.74, 6) is 2.02. The fraction of sp³-hybridized carbons (Fsp3) is 0.304. The van der Waals surface area contributed by atoms with Crippen molar-refractivity contribution >= 4 is 23.2 Å². The van der Waals surface area contributed by atoms with Crippen molar-refractivity contribution in [3.05, 3.63) is 82.1 Å². The molecule has 2 heterocycles. The number of fused-ring (bicyclic) bond motifs is 1. The molecule has 0 fully saturated rings. The molecule has 0 aliphatic rings. The quantitative estimate of drug-likeness (QED) is 0.408. The lowest BCUT2D eigenvalue weighted by Gasteiger charge is -2.16. The molecule has 0 atom stereocenters. The summed E-state index contributed by atoms with van der Waals surface area (Å²) in [7, 11) is 4.08. The molecule has 0 aliphatic heterocycles. The summed E-state index contributed by atoms with van der Waals surface area (Å²) in [6.45, 7) is 3.54. The summed E-state index contributed by atoms with van der Waals surface area (Å²) in [6.07, 6.45) is 1.64. The van der Waals surface area contributed by atoms with Crippen molar-refractivity contribution in [1.29, 1.82) is 0 Å². The normalized spacial score (nSPS) is 11.6. The first kappa shape index (κ1) is 19.6. The van der Waals surface area contributed by atoms with Gasteiger partial charge in [0.25, 0.3) is 0 Å². The van der Waals surface area contributed by atoms with Crippen molar-refractivity contribution in [2.45, 2.75) is 33.0 Å². The summed E-state index contributed by atoms with van der Waals surface area (Å²) >= 11 is 5.64. The maximum absolute atomic E-state index is 6.04. The minimum Gasteiger partial charge on any atom is -0.461 e. The Hall–Kier alpha value is -2.70. The van der Waals surface area contributed by atoms with Gasteiger partial charge >= 0.3 is 0 Å². The molecule has 0 radical (unpaired) electrons. The van der Waals surface area contributed by atoms with E-state index in [2.05, 4.69) is 55.3 Å². The second-order valence-electron chi connectivity index (χ2n) is 7.43. The lowest BCUT2D eigenvalue weighted by Crippen LogP contribution is -2.23. The van der Waals surface area contributed by atoms with E-state index in [1.807, 2.05) is 34.5 Å². The van der Waals surface area contributed by atoms with E-state index in [-0.39, 0.29) is 0 Å². The Morgan fingerprint density at radius 3 is 2.55 bits per heavy atom. The van der Waals surface area contributed by atoms with E-state index >= 15 is 0 Å². The minimum absolute atomic E-state index is 0.629. The Morgan fingerprint density at radius 1 is 1.07 bits per heavy atom. The molecule has 6 heteroatoms. The Labute approximate surface area is 176 Å². The molecule has 0 bridgehead atoms. The summed E-state index contributed by atoms with van der Waals surface area (Å²) in [4.78, 5) is 2.23. The van der Waals surface area contributed by atoms with Crippen LogP contribution in [0, 0.1) is 4.77 Å². The number of hydrogen-bond donors (Lipinski definition) is 0. The van der Waals surface area contributed by atoms with E-state index in [1.165, 1.54) is 16.5 Å². The number of para-hydroxylation sites is 1. The van der Waals surface area contributed by atoms with Crippen LogP contribution >= 0.6 is 12.2 Å². The van der Waals surface area contributed by atoms with E-state index in [9.17, 15) is 0 Å². The Morgan fingerprint density at radius 2 is 1.79 bits per heavy atom. The molecule has 5 nitrogen and oxygen atoms in total. The van der Waals surface area contributed by atoms with Gasteiger partial charge in [0.05, 0.1) is 6.67 Å². The van der Waals surface area contributed by atoms with Crippen LogP contribution in [0.15, 0.2) is 59.0 Å². The van der Waals surface area contributed by atoms with Crippen LogP contribution in [-0.4, -0.2) is 26.3 Å². The molecule has 0 spiro atoms. The molecule has 0 saturated heterocycles. The molecule has 2 aromatic carbocycles. The molecular formula is C23H26N4OS. The van der Waals surface area contributed by atoms with Gasteiger partial charge in [-0.05, 0) is 30.9 Å². The van der Waals surface area contributed by atoms with Gasteiger partial charge in [0.1, 0.15) is 17.2 Å². The molecule has 2 aromatic heterocycles.